The first-order chi connectivity index (χ1) is 7.58. The lowest BCUT2D eigenvalue weighted by Gasteiger charge is -2.23. The first kappa shape index (κ1) is 11.3. The Morgan fingerprint density at radius 3 is 3.00 bits per heavy atom. The lowest BCUT2D eigenvalue weighted by molar-refractivity contribution is -0.119. The number of aromatic nitrogens is 2. The minimum atomic E-state index is -0.287. The first-order valence-electron chi connectivity index (χ1n) is 5.15. The van der Waals surface area contributed by atoms with E-state index in [0.717, 1.165) is 29.8 Å². The van der Waals surface area contributed by atoms with E-state index in [1.807, 2.05) is 17.9 Å². The Morgan fingerprint density at radius 2 is 2.38 bits per heavy atom. The number of carbonyl (C=O) groups excluding carboxylic acids is 1. The topological polar surface area (TPSA) is 72.1 Å². The standard InChI is InChI=1S/C10H13BrN4O/c1-6-13-8(11)5-9(14-6)15-4-2-3-7(15)10(12)16/h5,7H,2-4H2,1H3,(H2,12,16). The van der Waals surface area contributed by atoms with Crippen molar-refractivity contribution in [3.05, 3.63) is 16.5 Å². The summed E-state index contributed by atoms with van der Waals surface area (Å²) in [6, 6.07) is 1.58. The van der Waals surface area contributed by atoms with E-state index < -0.39 is 0 Å². The molecule has 1 atom stereocenters. The van der Waals surface area contributed by atoms with Crippen LogP contribution < -0.4 is 10.6 Å². The summed E-state index contributed by atoms with van der Waals surface area (Å²) >= 11 is 3.32. The Balaban J connectivity index is 2.32. The monoisotopic (exact) mass is 284 g/mol. The van der Waals surface area contributed by atoms with Crippen molar-refractivity contribution in [3.8, 4) is 0 Å². The summed E-state index contributed by atoms with van der Waals surface area (Å²) in [4.78, 5) is 21.7. The second kappa shape index (κ2) is 4.37. The zero-order valence-electron chi connectivity index (χ0n) is 8.98. The fraction of sp³-hybridized carbons (Fsp3) is 0.500. The van der Waals surface area contributed by atoms with Crippen LogP contribution in [0.5, 0.6) is 0 Å². The number of primary amides is 1. The number of halogens is 1. The van der Waals surface area contributed by atoms with Crippen molar-refractivity contribution < 1.29 is 4.79 Å². The van der Waals surface area contributed by atoms with Gasteiger partial charge in [-0.1, -0.05) is 0 Å². The SMILES string of the molecule is Cc1nc(Br)cc(N2CCCC2C(N)=O)n1. The second-order valence-corrected chi connectivity index (χ2v) is 4.66. The molecule has 0 spiro atoms. The van der Waals surface area contributed by atoms with E-state index in [0.29, 0.717) is 5.82 Å². The second-order valence-electron chi connectivity index (χ2n) is 3.85. The predicted octanol–water partition coefficient (Wildman–Crippen LogP) is 1.00. The molecule has 1 saturated heterocycles. The minimum absolute atomic E-state index is 0.235. The van der Waals surface area contributed by atoms with E-state index in [1.54, 1.807) is 0 Å². The van der Waals surface area contributed by atoms with Gasteiger partial charge in [0, 0.05) is 12.6 Å². The number of carbonyl (C=O) groups is 1. The number of rotatable bonds is 2. The maximum Gasteiger partial charge on any atom is 0.240 e. The van der Waals surface area contributed by atoms with Crippen molar-refractivity contribution in [2.75, 3.05) is 11.4 Å². The number of nitrogens with zero attached hydrogens (tertiary/aromatic N) is 3. The molecule has 1 aromatic rings. The molecule has 1 aromatic heterocycles. The van der Waals surface area contributed by atoms with E-state index in [-0.39, 0.29) is 11.9 Å². The van der Waals surface area contributed by atoms with Crippen LogP contribution in [0.3, 0.4) is 0 Å². The van der Waals surface area contributed by atoms with E-state index in [9.17, 15) is 4.79 Å². The lowest BCUT2D eigenvalue weighted by atomic mass is 10.2. The van der Waals surface area contributed by atoms with Gasteiger partial charge in [0.05, 0.1) is 0 Å². The predicted molar refractivity (Wildman–Crippen MR) is 64.0 cm³/mol. The Labute approximate surface area is 102 Å². The van der Waals surface area contributed by atoms with Gasteiger partial charge in [-0.2, -0.15) is 0 Å². The van der Waals surface area contributed by atoms with Gasteiger partial charge in [0.25, 0.3) is 0 Å². The van der Waals surface area contributed by atoms with Gasteiger partial charge in [-0.25, -0.2) is 9.97 Å². The summed E-state index contributed by atoms with van der Waals surface area (Å²) in [5.41, 5.74) is 5.37. The third kappa shape index (κ3) is 2.16. The quantitative estimate of drug-likeness (QED) is 0.823. The van der Waals surface area contributed by atoms with Gasteiger partial charge in [0.15, 0.2) is 0 Å². The molecule has 6 heteroatoms. The first-order valence-corrected chi connectivity index (χ1v) is 5.94. The van der Waals surface area contributed by atoms with Crippen LogP contribution >= 0.6 is 15.9 Å². The van der Waals surface area contributed by atoms with Crippen LogP contribution in [0.4, 0.5) is 5.82 Å². The highest BCUT2D eigenvalue weighted by molar-refractivity contribution is 9.10. The maximum absolute atomic E-state index is 11.3. The summed E-state index contributed by atoms with van der Waals surface area (Å²) in [6.07, 6.45) is 1.77. The Bertz CT molecular complexity index is 403. The number of nitrogens with two attached hydrogens (primary N) is 1. The molecule has 0 bridgehead atoms. The molecule has 0 saturated carbocycles. The largest absolute Gasteiger partial charge is 0.368 e. The third-order valence-corrected chi connectivity index (χ3v) is 3.07. The number of amides is 1. The van der Waals surface area contributed by atoms with Crippen LogP contribution in [0.2, 0.25) is 0 Å². The molecule has 2 N–H and O–H groups in total. The van der Waals surface area contributed by atoms with Crippen molar-refractivity contribution in [2.45, 2.75) is 25.8 Å². The van der Waals surface area contributed by atoms with Crippen molar-refractivity contribution in [2.24, 2.45) is 5.73 Å². The van der Waals surface area contributed by atoms with Crippen LogP contribution in [-0.2, 0) is 4.79 Å². The summed E-state index contributed by atoms with van der Waals surface area (Å²) in [5.74, 6) is 1.16. The zero-order chi connectivity index (χ0) is 11.7. The van der Waals surface area contributed by atoms with Crippen molar-refractivity contribution in [3.63, 3.8) is 0 Å². The molecule has 2 rings (SSSR count). The van der Waals surface area contributed by atoms with Gasteiger partial charge < -0.3 is 10.6 Å². The van der Waals surface area contributed by atoms with Gasteiger partial charge >= 0.3 is 0 Å². The Morgan fingerprint density at radius 1 is 1.62 bits per heavy atom. The molecular formula is C10H13BrN4O. The van der Waals surface area contributed by atoms with E-state index in [2.05, 4.69) is 25.9 Å². The highest BCUT2D eigenvalue weighted by Gasteiger charge is 2.30. The highest BCUT2D eigenvalue weighted by Crippen LogP contribution is 2.25. The van der Waals surface area contributed by atoms with Crippen molar-refractivity contribution in [1.29, 1.82) is 0 Å². The number of hydrogen-bond acceptors (Lipinski definition) is 4. The molecule has 86 valence electrons. The van der Waals surface area contributed by atoms with Crippen LogP contribution in [0.15, 0.2) is 10.7 Å². The van der Waals surface area contributed by atoms with Crippen LogP contribution in [-0.4, -0.2) is 28.5 Å². The Kier molecular flexibility index (Phi) is 3.09. The van der Waals surface area contributed by atoms with Gasteiger partial charge in [-0.05, 0) is 35.7 Å². The summed E-state index contributed by atoms with van der Waals surface area (Å²) in [5, 5.41) is 0. The van der Waals surface area contributed by atoms with Crippen LogP contribution in [0, 0.1) is 6.92 Å². The summed E-state index contributed by atoms with van der Waals surface area (Å²) in [6.45, 7) is 2.64. The number of anilines is 1. The van der Waals surface area contributed by atoms with Gasteiger partial charge in [0.1, 0.15) is 22.3 Å². The zero-order valence-corrected chi connectivity index (χ0v) is 10.6. The van der Waals surface area contributed by atoms with Crippen molar-refractivity contribution in [1.82, 2.24) is 9.97 Å². The molecule has 1 fully saturated rings. The Hall–Kier alpha value is -1.17. The lowest BCUT2D eigenvalue weighted by Crippen LogP contribution is -2.40. The van der Waals surface area contributed by atoms with Gasteiger partial charge in [-0.15, -0.1) is 0 Å². The molecule has 0 radical (unpaired) electrons. The van der Waals surface area contributed by atoms with Crippen LogP contribution in [0.25, 0.3) is 0 Å². The van der Waals surface area contributed by atoms with E-state index in [4.69, 9.17) is 5.73 Å². The number of hydrogen-bond donors (Lipinski definition) is 1. The number of aryl methyl sites for hydroxylation is 1. The molecule has 0 aromatic carbocycles. The normalized spacial score (nSPS) is 20.1. The molecule has 1 aliphatic rings. The van der Waals surface area contributed by atoms with Gasteiger partial charge in [0.2, 0.25) is 5.91 Å². The summed E-state index contributed by atoms with van der Waals surface area (Å²) in [7, 11) is 0. The van der Waals surface area contributed by atoms with E-state index in [1.165, 1.54) is 0 Å². The van der Waals surface area contributed by atoms with Crippen LogP contribution in [0.1, 0.15) is 18.7 Å². The molecule has 1 amide bonds. The molecule has 2 heterocycles. The fourth-order valence-corrected chi connectivity index (χ4v) is 2.46. The van der Waals surface area contributed by atoms with Crippen molar-refractivity contribution >= 4 is 27.7 Å². The minimum Gasteiger partial charge on any atom is -0.368 e. The fourth-order valence-electron chi connectivity index (χ4n) is 2.00. The summed E-state index contributed by atoms with van der Waals surface area (Å²) < 4.78 is 0.727. The van der Waals surface area contributed by atoms with E-state index >= 15 is 0 Å². The van der Waals surface area contributed by atoms with Gasteiger partial charge in [-0.3, -0.25) is 4.79 Å². The maximum atomic E-state index is 11.3. The average molecular weight is 285 g/mol. The molecule has 1 aliphatic heterocycles. The molecule has 5 nitrogen and oxygen atoms in total. The third-order valence-electron chi connectivity index (χ3n) is 2.67. The molecule has 16 heavy (non-hydrogen) atoms. The highest BCUT2D eigenvalue weighted by atomic mass is 79.9. The smallest absolute Gasteiger partial charge is 0.240 e. The molecular weight excluding hydrogens is 272 g/mol. The molecule has 1 unspecified atom stereocenters. The molecule has 0 aliphatic carbocycles. The average Bonchev–Trinajstić information content (AvgIpc) is 2.63.